The Kier molecular flexibility index (Phi) is 3.32. The minimum atomic E-state index is -1.01. The number of methoxy groups -OCH3 is 1. The van der Waals surface area contributed by atoms with Gasteiger partial charge in [-0.05, 0) is 31.2 Å². The Labute approximate surface area is 104 Å². The summed E-state index contributed by atoms with van der Waals surface area (Å²) >= 11 is 0. The van der Waals surface area contributed by atoms with Crippen molar-refractivity contribution in [3.8, 4) is 11.5 Å². The lowest BCUT2D eigenvalue weighted by molar-refractivity contribution is -0.144. The summed E-state index contributed by atoms with van der Waals surface area (Å²) in [5.41, 5.74) is 0.728. The molecule has 2 aromatic rings. The minimum Gasteiger partial charge on any atom is -0.497 e. The number of benzene rings is 1. The lowest BCUT2D eigenvalue weighted by Gasteiger charge is -2.12. The minimum absolute atomic E-state index is 0.480. The van der Waals surface area contributed by atoms with Crippen LogP contribution in [0.2, 0.25) is 0 Å². The quantitative estimate of drug-likeness (QED) is 0.895. The highest BCUT2D eigenvalue weighted by Crippen LogP contribution is 2.28. The molecule has 1 aromatic carbocycles. The average Bonchev–Trinajstić information content (AvgIpc) is 2.38. The van der Waals surface area contributed by atoms with Crippen molar-refractivity contribution in [3.05, 3.63) is 30.5 Å². The van der Waals surface area contributed by atoms with Crippen molar-refractivity contribution >= 4 is 16.9 Å². The van der Waals surface area contributed by atoms with E-state index in [1.54, 1.807) is 37.6 Å². The van der Waals surface area contributed by atoms with Crippen LogP contribution in [0.3, 0.4) is 0 Å². The Hall–Kier alpha value is -2.30. The molecular weight excluding hydrogens is 234 g/mol. The van der Waals surface area contributed by atoms with E-state index in [1.807, 2.05) is 0 Å². The van der Waals surface area contributed by atoms with Crippen molar-refractivity contribution in [2.45, 2.75) is 13.0 Å². The third kappa shape index (κ3) is 2.34. The predicted molar refractivity (Wildman–Crippen MR) is 66.0 cm³/mol. The molecule has 2 rings (SSSR count). The molecule has 1 atom stereocenters. The largest absolute Gasteiger partial charge is 0.497 e. The SMILES string of the molecule is COc1ccc2nccc(OC(C)C(=O)O)c2c1. The van der Waals surface area contributed by atoms with Crippen molar-refractivity contribution in [2.75, 3.05) is 7.11 Å². The number of hydrogen-bond acceptors (Lipinski definition) is 4. The van der Waals surface area contributed by atoms with Gasteiger partial charge in [-0.25, -0.2) is 4.79 Å². The summed E-state index contributed by atoms with van der Waals surface area (Å²) in [5.74, 6) is 0.139. The maximum atomic E-state index is 10.8. The van der Waals surface area contributed by atoms with Gasteiger partial charge in [-0.3, -0.25) is 4.98 Å². The first-order valence-electron chi connectivity index (χ1n) is 5.44. The van der Waals surface area contributed by atoms with Crippen molar-refractivity contribution < 1.29 is 19.4 Å². The van der Waals surface area contributed by atoms with E-state index in [9.17, 15) is 4.79 Å². The van der Waals surface area contributed by atoms with Gasteiger partial charge in [-0.2, -0.15) is 0 Å². The first kappa shape index (κ1) is 12.2. The molecule has 5 heteroatoms. The van der Waals surface area contributed by atoms with Crippen LogP contribution >= 0.6 is 0 Å². The fraction of sp³-hybridized carbons (Fsp3) is 0.231. The highest BCUT2D eigenvalue weighted by molar-refractivity contribution is 5.86. The van der Waals surface area contributed by atoms with Gasteiger partial charge in [-0.15, -0.1) is 0 Å². The zero-order chi connectivity index (χ0) is 13.1. The van der Waals surface area contributed by atoms with E-state index >= 15 is 0 Å². The van der Waals surface area contributed by atoms with Gasteiger partial charge in [0, 0.05) is 11.6 Å². The fourth-order valence-corrected chi connectivity index (χ4v) is 1.57. The molecule has 0 spiro atoms. The number of fused-ring (bicyclic) bond motifs is 1. The molecule has 0 aliphatic rings. The maximum absolute atomic E-state index is 10.8. The van der Waals surface area contributed by atoms with Crippen LogP contribution in [-0.4, -0.2) is 29.3 Å². The number of nitrogens with zero attached hydrogens (tertiary/aromatic N) is 1. The molecule has 1 unspecified atom stereocenters. The predicted octanol–water partition coefficient (Wildman–Crippen LogP) is 2.10. The number of pyridine rings is 1. The number of rotatable bonds is 4. The Bertz CT molecular complexity index is 582. The normalized spacial score (nSPS) is 12.1. The third-order valence-electron chi connectivity index (χ3n) is 2.56. The Balaban J connectivity index is 2.46. The average molecular weight is 247 g/mol. The fourth-order valence-electron chi connectivity index (χ4n) is 1.57. The lowest BCUT2D eigenvalue weighted by Crippen LogP contribution is -2.22. The Morgan fingerprint density at radius 2 is 2.17 bits per heavy atom. The van der Waals surface area contributed by atoms with Crippen LogP contribution < -0.4 is 9.47 Å². The van der Waals surface area contributed by atoms with Gasteiger partial charge in [-0.1, -0.05) is 0 Å². The second kappa shape index (κ2) is 4.91. The van der Waals surface area contributed by atoms with Crippen LogP contribution in [0, 0.1) is 0 Å². The summed E-state index contributed by atoms with van der Waals surface area (Å²) < 4.78 is 10.5. The van der Waals surface area contributed by atoms with Crippen LogP contribution in [-0.2, 0) is 4.79 Å². The van der Waals surface area contributed by atoms with E-state index in [1.165, 1.54) is 6.92 Å². The summed E-state index contributed by atoms with van der Waals surface area (Å²) in [6.45, 7) is 1.48. The Morgan fingerprint density at radius 3 is 2.83 bits per heavy atom. The van der Waals surface area contributed by atoms with Crippen LogP contribution in [0.25, 0.3) is 10.9 Å². The van der Waals surface area contributed by atoms with Gasteiger partial charge in [0.15, 0.2) is 6.10 Å². The molecular formula is C13H13NO4. The molecule has 0 aliphatic carbocycles. The van der Waals surface area contributed by atoms with Gasteiger partial charge in [0.2, 0.25) is 0 Å². The number of aliphatic carboxylic acids is 1. The van der Waals surface area contributed by atoms with Gasteiger partial charge in [0.1, 0.15) is 11.5 Å². The number of ether oxygens (including phenoxy) is 2. The molecule has 0 amide bonds. The number of aromatic nitrogens is 1. The van der Waals surface area contributed by atoms with Crippen molar-refractivity contribution in [2.24, 2.45) is 0 Å². The van der Waals surface area contributed by atoms with E-state index in [-0.39, 0.29) is 0 Å². The second-order valence-corrected chi connectivity index (χ2v) is 3.79. The highest BCUT2D eigenvalue weighted by Gasteiger charge is 2.14. The third-order valence-corrected chi connectivity index (χ3v) is 2.56. The summed E-state index contributed by atoms with van der Waals surface area (Å²) in [6.07, 6.45) is 0.667. The van der Waals surface area contributed by atoms with E-state index in [4.69, 9.17) is 14.6 Å². The van der Waals surface area contributed by atoms with E-state index in [2.05, 4.69) is 4.98 Å². The number of hydrogen-bond donors (Lipinski definition) is 1. The van der Waals surface area contributed by atoms with Gasteiger partial charge in [0.25, 0.3) is 0 Å². The van der Waals surface area contributed by atoms with Crippen molar-refractivity contribution in [3.63, 3.8) is 0 Å². The van der Waals surface area contributed by atoms with Crippen LogP contribution in [0.1, 0.15) is 6.92 Å². The molecule has 0 fully saturated rings. The molecule has 0 saturated carbocycles. The topological polar surface area (TPSA) is 68.7 Å². The first-order valence-corrected chi connectivity index (χ1v) is 5.44. The van der Waals surface area contributed by atoms with Crippen LogP contribution in [0.4, 0.5) is 0 Å². The molecule has 0 radical (unpaired) electrons. The standard InChI is InChI=1S/C13H13NO4/c1-8(13(15)16)18-12-5-6-14-11-4-3-9(17-2)7-10(11)12/h3-8H,1-2H3,(H,15,16). The zero-order valence-electron chi connectivity index (χ0n) is 10.1. The molecule has 0 saturated heterocycles. The van der Waals surface area contributed by atoms with Gasteiger partial charge >= 0.3 is 5.97 Å². The molecule has 18 heavy (non-hydrogen) atoms. The molecule has 1 aromatic heterocycles. The first-order chi connectivity index (χ1) is 8.61. The lowest BCUT2D eigenvalue weighted by atomic mass is 10.2. The summed E-state index contributed by atoms with van der Waals surface area (Å²) in [6, 6.07) is 7.00. The molecule has 5 nitrogen and oxygen atoms in total. The smallest absolute Gasteiger partial charge is 0.344 e. The maximum Gasteiger partial charge on any atom is 0.344 e. The summed E-state index contributed by atoms with van der Waals surface area (Å²) in [7, 11) is 1.57. The molecule has 1 N–H and O–H groups in total. The van der Waals surface area contributed by atoms with Crippen molar-refractivity contribution in [1.82, 2.24) is 4.98 Å². The molecule has 1 heterocycles. The molecule has 94 valence electrons. The van der Waals surface area contributed by atoms with E-state index in [0.717, 1.165) is 10.9 Å². The van der Waals surface area contributed by atoms with E-state index < -0.39 is 12.1 Å². The van der Waals surface area contributed by atoms with Crippen molar-refractivity contribution in [1.29, 1.82) is 0 Å². The molecule has 0 bridgehead atoms. The Morgan fingerprint density at radius 1 is 1.39 bits per heavy atom. The molecule has 0 aliphatic heterocycles. The summed E-state index contributed by atoms with van der Waals surface area (Å²) in [5, 5.41) is 9.58. The number of carboxylic acids is 1. The second-order valence-electron chi connectivity index (χ2n) is 3.79. The number of carboxylic acid groups (broad SMARTS) is 1. The zero-order valence-corrected chi connectivity index (χ0v) is 10.1. The van der Waals surface area contributed by atoms with Gasteiger partial charge in [0.05, 0.1) is 12.6 Å². The van der Waals surface area contributed by atoms with Crippen LogP contribution in [0.5, 0.6) is 11.5 Å². The van der Waals surface area contributed by atoms with E-state index in [0.29, 0.717) is 11.5 Å². The summed E-state index contributed by atoms with van der Waals surface area (Å²) in [4.78, 5) is 15.0. The van der Waals surface area contributed by atoms with Crippen LogP contribution in [0.15, 0.2) is 30.5 Å². The van der Waals surface area contributed by atoms with Gasteiger partial charge < -0.3 is 14.6 Å². The number of carbonyl (C=O) groups is 1. The monoisotopic (exact) mass is 247 g/mol. The highest BCUT2D eigenvalue weighted by atomic mass is 16.5.